The molecule has 100 valence electrons. The fourth-order valence-corrected chi connectivity index (χ4v) is 1.92. The number of aliphatic hydroxyl groups is 1. The van der Waals surface area contributed by atoms with Gasteiger partial charge in [-0.2, -0.15) is 0 Å². The molecule has 0 spiro atoms. The molecule has 0 radical (unpaired) electrons. The number of halogens is 1. The van der Waals surface area contributed by atoms with Crippen LogP contribution in [0.3, 0.4) is 0 Å². The number of nitrogens with zero attached hydrogens (tertiary/aromatic N) is 1. The number of alkyl halides is 1. The van der Waals surface area contributed by atoms with Gasteiger partial charge < -0.3 is 14.7 Å². The van der Waals surface area contributed by atoms with E-state index in [1.807, 2.05) is 0 Å². The summed E-state index contributed by atoms with van der Waals surface area (Å²) >= 11 is 0. The summed E-state index contributed by atoms with van der Waals surface area (Å²) < 4.78 is 18.8. The number of aliphatic hydroxyl groups excluding tert-OH is 1. The average molecular weight is 247 g/mol. The van der Waals surface area contributed by atoms with Gasteiger partial charge in [-0.15, -0.1) is 0 Å². The van der Waals surface area contributed by atoms with Crippen molar-refractivity contribution in [2.24, 2.45) is 5.41 Å². The standard InChI is InChI=1S/C12H22FNO3/c1-11(2,3)17-10(16)14-6-8(13)9(15)12(4,5)7-14/h8-9,15H,6-7H2,1-5H3/t8-,9-/m1/s1. The molecule has 1 heterocycles. The van der Waals surface area contributed by atoms with Gasteiger partial charge in [-0.3, -0.25) is 0 Å². The van der Waals surface area contributed by atoms with E-state index in [-0.39, 0.29) is 6.54 Å². The Morgan fingerprint density at radius 2 is 2.00 bits per heavy atom. The van der Waals surface area contributed by atoms with Gasteiger partial charge in [-0.25, -0.2) is 9.18 Å². The third-order valence-electron chi connectivity index (χ3n) is 2.79. The number of ether oxygens (including phenoxy) is 1. The zero-order valence-electron chi connectivity index (χ0n) is 11.2. The second-order valence-electron chi connectivity index (χ2n) is 6.31. The zero-order chi connectivity index (χ0) is 13.4. The highest BCUT2D eigenvalue weighted by Gasteiger charge is 2.44. The van der Waals surface area contributed by atoms with Crippen LogP contribution in [0.2, 0.25) is 0 Å². The smallest absolute Gasteiger partial charge is 0.410 e. The first-order valence-electron chi connectivity index (χ1n) is 5.83. The van der Waals surface area contributed by atoms with Crippen LogP contribution in [0.1, 0.15) is 34.6 Å². The highest BCUT2D eigenvalue weighted by Crippen LogP contribution is 2.31. The third-order valence-corrected chi connectivity index (χ3v) is 2.79. The van der Waals surface area contributed by atoms with Gasteiger partial charge in [0, 0.05) is 12.0 Å². The number of amides is 1. The fraction of sp³-hybridized carbons (Fsp3) is 0.917. The molecular formula is C12H22FNO3. The zero-order valence-corrected chi connectivity index (χ0v) is 11.2. The van der Waals surface area contributed by atoms with Gasteiger partial charge in [0.05, 0.1) is 12.6 Å². The van der Waals surface area contributed by atoms with Crippen molar-refractivity contribution in [1.82, 2.24) is 4.90 Å². The van der Waals surface area contributed by atoms with E-state index in [9.17, 15) is 14.3 Å². The van der Waals surface area contributed by atoms with Crippen LogP contribution in [0.5, 0.6) is 0 Å². The molecule has 0 saturated carbocycles. The number of carbonyl (C=O) groups excluding carboxylic acids is 1. The van der Waals surface area contributed by atoms with E-state index in [0.29, 0.717) is 6.54 Å². The van der Waals surface area contributed by atoms with Gasteiger partial charge in [0.25, 0.3) is 0 Å². The molecule has 17 heavy (non-hydrogen) atoms. The monoisotopic (exact) mass is 247 g/mol. The van der Waals surface area contributed by atoms with E-state index in [1.165, 1.54) is 4.90 Å². The Labute approximate surface area is 102 Å². The molecule has 1 saturated heterocycles. The Morgan fingerprint density at radius 1 is 1.47 bits per heavy atom. The number of hydrogen-bond donors (Lipinski definition) is 1. The highest BCUT2D eigenvalue weighted by atomic mass is 19.1. The van der Waals surface area contributed by atoms with Crippen LogP contribution in [0.15, 0.2) is 0 Å². The maximum atomic E-state index is 13.6. The molecule has 4 nitrogen and oxygen atoms in total. The second kappa shape index (κ2) is 4.44. The lowest BCUT2D eigenvalue weighted by Gasteiger charge is -2.43. The second-order valence-corrected chi connectivity index (χ2v) is 6.31. The largest absolute Gasteiger partial charge is 0.444 e. The average Bonchev–Trinajstić information content (AvgIpc) is 2.10. The van der Waals surface area contributed by atoms with Gasteiger partial charge in [-0.1, -0.05) is 13.8 Å². The molecule has 1 rings (SSSR count). The van der Waals surface area contributed by atoms with Crippen molar-refractivity contribution in [2.75, 3.05) is 13.1 Å². The summed E-state index contributed by atoms with van der Waals surface area (Å²) in [5.41, 5.74) is -1.25. The van der Waals surface area contributed by atoms with Crippen molar-refractivity contribution in [2.45, 2.75) is 52.5 Å². The van der Waals surface area contributed by atoms with E-state index in [2.05, 4.69) is 0 Å². The maximum absolute atomic E-state index is 13.6. The lowest BCUT2D eigenvalue weighted by molar-refractivity contribution is -0.0803. The minimum atomic E-state index is -1.42. The number of rotatable bonds is 0. The molecule has 1 aliphatic rings. The summed E-state index contributed by atoms with van der Waals surface area (Å²) in [6.45, 7) is 8.95. The van der Waals surface area contributed by atoms with Gasteiger partial charge >= 0.3 is 6.09 Å². The molecule has 2 atom stereocenters. The van der Waals surface area contributed by atoms with Crippen LogP contribution in [0.25, 0.3) is 0 Å². The molecule has 1 fully saturated rings. The van der Waals surface area contributed by atoms with Crippen molar-refractivity contribution in [3.8, 4) is 0 Å². The van der Waals surface area contributed by atoms with Crippen LogP contribution in [-0.2, 0) is 4.74 Å². The van der Waals surface area contributed by atoms with Crippen LogP contribution >= 0.6 is 0 Å². The first-order chi connectivity index (χ1) is 7.53. The molecule has 0 aliphatic carbocycles. The number of hydrogen-bond acceptors (Lipinski definition) is 3. The van der Waals surface area contributed by atoms with Crippen LogP contribution in [-0.4, -0.2) is 47.1 Å². The Bertz CT molecular complexity index is 299. The first-order valence-corrected chi connectivity index (χ1v) is 5.83. The molecule has 0 aromatic rings. The predicted molar refractivity (Wildman–Crippen MR) is 62.5 cm³/mol. The summed E-state index contributed by atoms with van der Waals surface area (Å²) in [5.74, 6) is 0. The summed E-state index contributed by atoms with van der Waals surface area (Å²) in [6.07, 6.45) is -2.99. The van der Waals surface area contributed by atoms with Crippen molar-refractivity contribution in [3.05, 3.63) is 0 Å². The molecular weight excluding hydrogens is 225 g/mol. The molecule has 1 aliphatic heterocycles. The number of carbonyl (C=O) groups is 1. The van der Waals surface area contributed by atoms with E-state index < -0.39 is 29.4 Å². The Kier molecular flexibility index (Phi) is 3.72. The Balaban J connectivity index is 2.71. The normalized spacial score (nSPS) is 29.0. The van der Waals surface area contributed by atoms with Crippen molar-refractivity contribution in [3.63, 3.8) is 0 Å². The molecule has 1 N–H and O–H groups in total. The summed E-state index contributed by atoms with van der Waals surface area (Å²) in [4.78, 5) is 13.1. The number of piperidine rings is 1. The van der Waals surface area contributed by atoms with Gasteiger partial charge in [-0.05, 0) is 20.8 Å². The maximum Gasteiger partial charge on any atom is 0.410 e. The quantitative estimate of drug-likeness (QED) is 0.712. The minimum Gasteiger partial charge on any atom is -0.444 e. The van der Waals surface area contributed by atoms with Gasteiger partial charge in [0.2, 0.25) is 0 Å². The van der Waals surface area contributed by atoms with E-state index in [4.69, 9.17) is 4.74 Å². The molecule has 1 amide bonds. The first kappa shape index (κ1) is 14.2. The van der Waals surface area contributed by atoms with E-state index >= 15 is 0 Å². The molecule has 0 aromatic heterocycles. The van der Waals surface area contributed by atoms with Crippen LogP contribution in [0, 0.1) is 5.41 Å². The Hall–Kier alpha value is -0.840. The predicted octanol–water partition coefficient (Wildman–Crippen LogP) is 1.96. The van der Waals surface area contributed by atoms with Crippen molar-refractivity contribution in [1.29, 1.82) is 0 Å². The minimum absolute atomic E-state index is 0.112. The van der Waals surface area contributed by atoms with Gasteiger partial charge in [0.15, 0.2) is 0 Å². The highest BCUT2D eigenvalue weighted by molar-refractivity contribution is 5.68. The summed E-state index contributed by atoms with van der Waals surface area (Å²) in [7, 11) is 0. The molecule has 0 bridgehead atoms. The third kappa shape index (κ3) is 3.56. The topological polar surface area (TPSA) is 49.8 Å². The van der Waals surface area contributed by atoms with Crippen molar-refractivity contribution < 1.29 is 19.0 Å². The molecule has 0 aromatic carbocycles. The van der Waals surface area contributed by atoms with E-state index in [1.54, 1.807) is 34.6 Å². The van der Waals surface area contributed by atoms with Gasteiger partial charge in [0.1, 0.15) is 11.8 Å². The summed E-state index contributed by atoms with van der Waals surface area (Å²) in [5, 5.41) is 9.68. The van der Waals surface area contributed by atoms with Crippen LogP contribution < -0.4 is 0 Å². The lowest BCUT2D eigenvalue weighted by Crippen LogP contribution is -2.57. The lowest BCUT2D eigenvalue weighted by atomic mass is 9.80. The van der Waals surface area contributed by atoms with Crippen LogP contribution in [0.4, 0.5) is 9.18 Å². The molecule has 5 heteroatoms. The van der Waals surface area contributed by atoms with E-state index in [0.717, 1.165) is 0 Å². The summed E-state index contributed by atoms with van der Waals surface area (Å²) in [6, 6.07) is 0. The van der Waals surface area contributed by atoms with Crippen molar-refractivity contribution >= 4 is 6.09 Å². The fourth-order valence-electron chi connectivity index (χ4n) is 1.92. The SMILES string of the molecule is CC(C)(C)OC(=O)N1C[C@@H](F)[C@@H](O)C(C)(C)C1. The Morgan fingerprint density at radius 3 is 2.41 bits per heavy atom. The molecule has 0 unspecified atom stereocenters. The number of likely N-dealkylation sites (tertiary alicyclic amines) is 1.